The van der Waals surface area contributed by atoms with Crippen LogP contribution in [0.25, 0.3) is 0 Å². The first kappa shape index (κ1) is 14.5. The number of halogens is 2. The fourth-order valence-electron chi connectivity index (χ4n) is 1.52. The molecule has 0 saturated heterocycles. The molecule has 0 saturated carbocycles. The van der Waals surface area contributed by atoms with Gasteiger partial charge in [-0.2, -0.15) is 0 Å². The molecule has 0 radical (unpaired) electrons. The number of aryl methyl sites for hydroxylation is 1. The summed E-state index contributed by atoms with van der Waals surface area (Å²) in [7, 11) is 0. The average molecular weight is 339 g/mol. The number of rotatable bonds is 4. The second-order valence-corrected chi connectivity index (χ2v) is 5.00. The number of nitrogens with one attached hydrogen (secondary N) is 1. The fourth-order valence-corrected chi connectivity index (χ4v) is 1.85. The van der Waals surface area contributed by atoms with Crippen molar-refractivity contribution in [3.63, 3.8) is 0 Å². The summed E-state index contributed by atoms with van der Waals surface area (Å²) in [6.45, 7) is 1.55. The predicted molar refractivity (Wildman–Crippen MR) is 77.2 cm³/mol. The van der Waals surface area contributed by atoms with Gasteiger partial charge >= 0.3 is 0 Å². The Morgan fingerprint density at radius 3 is 2.95 bits per heavy atom. The summed E-state index contributed by atoms with van der Waals surface area (Å²) in [5, 5.41) is 2.60. The lowest BCUT2D eigenvalue weighted by Crippen LogP contribution is -2.21. The number of benzene rings is 1. The van der Waals surface area contributed by atoms with Crippen LogP contribution in [0.15, 0.2) is 41.0 Å². The number of carbonyl (C=O) groups excluding carboxylic acids is 1. The standard InChI is InChI=1S/C14H12BrFN2O2/c1-9-3-2-6-17-14(9)18-13(19)8-20-12-5-4-10(15)7-11(12)16/h2-7H,8H2,1H3,(H,17,18,19). The van der Waals surface area contributed by atoms with Crippen LogP contribution < -0.4 is 10.1 Å². The molecule has 0 bridgehead atoms. The number of nitrogens with zero attached hydrogens (tertiary/aromatic N) is 1. The second kappa shape index (κ2) is 6.47. The Bertz CT molecular complexity index is 634. The van der Waals surface area contributed by atoms with Crippen LogP contribution in [0.3, 0.4) is 0 Å². The molecule has 0 spiro atoms. The van der Waals surface area contributed by atoms with Gasteiger partial charge in [0.15, 0.2) is 18.2 Å². The Morgan fingerprint density at radius 2 is 2.25 bits per heavy atom. The van der Waals surface area contributed by atoms with Crippen LogP contribution in [0, 0.1) is 12.7 Å². The molecule has 0 aliphatic rings. The molecule has 0 fully saturated rings. The van der Waals surface area contributed by atoms with Gasteiger partial charge in [-0.15, -0.1) is 0 Å². The molecule has 0 aliphatic carbocycles. The SMILES string of the molecule is Cc1cccnc1NC(=O)COc1ccc(Br)cc1F. The van der Waals surface area contributed by atoms with Crippen molar-refractivity contribution in [2.75, 3.05) is 11.9 Å². The van der Waals surface area contributed by atoms with Crippen LogP contribution in [-0.4, -0.2) is 17.5 Å². The maximum atomic E-state index is 13.5. The van der Waals surface area contributed by atoms with Gasteiger partial charge in [0.1, 0.15) is 5.82 Å². The molecule has 104 valence electrons. The Labute approximate surface area is 124 Å². The number of hydrogen-bond acceptors (Lipinski definition) is 3. The third-order valence-electron chi connectivity index (χ3n) is 2.52. The Hall–Kier alpha value is -1.95. The van der Waals surface area contributed by atoms with Crippen LogP contribution >= 0.6 is 15.9 Å². The molecular weight excluding hydrogens is 327 g/mol. The summed E-state index contributed by atoms with van der Waals surface area (Å²) >= 11 is 3.15. The van der Waals surface area contributed by atoms with Crippen LogP contribution in [0.5, 0.6) is 5.75 Å². The van der Waals surface area contributed by atoms with Gasteiger partial charge in [-0.1, -0.05) is 22.0 Å². The fraction of sp³-hybridized carbons (Fsp3) is 0.143. The molecule has 0 atom stereocenters. The highest BCUT2D eigenvalue weighted by Gasteiger charge is 2.09. The molecule has 1 aromatic heterocycles. The van der Waals surface area contributed by atoms with E-state index in [4.69, 9.17) is 4.74 Å². The van der Waals surface area contributed by atoms with Gasteiger partial charge in [-0.05, 0) is 36.8 Å². The van der Waals surface area contributed by atoms with Crippen molar-refractivity contribution in [2.24, 2.45) is 0 Å². The molecule has 2 rings (SSSR count). The van der Waals surface area contributed by atoms with Crippen LogP contribution in [-0.2, 0) is 4.79 Å². The largest absolute Gasteiger partial charge is 0.481 e. The van der Waals surface area contributed by atoms with E-state index >= 15 is 0 Å². The minimum atomic E-state index is -0.527. The lowest BCUT2D eigenvalue weighted by molar-refractivity contribution is -0.118. The second-order valence-electron chi connectivity index (χ2n) is 4.08. The summed E-state index contributed by atoms with van der Waals surface area (Å²) in [5.41, 5.74) is 0.843. The normalized spacial score (nSPS) is 10.2. The minimum Gasteiger partial charge on any atom is -0.481 e. The van der Waals surface area contributed by atoms with Gasteiger partial charge in [0.2, 0.25) is 0 Å². The Kier molecular flexibility index (Phi) is 4.68. The van der Waals surface area contributed by atoms with Gasteiger partial charge in [-0.25, -0.2) is 9.37 Å². The van der Waals surface area contributed by atoms with Gasteiger partial charge < -0.3 is 10.1 Å². The molecular formula is C14H12BrFN2O2. The van der Waals surface area contributed by atoms with E-state index in [0.29, 0.717) is 10.3 Å². The molecule has 0 aliphatic heterocycles. The maximum absolute atomic E-state index is 13.5. The first-order valence-corrected chi connectivity index (χ1v) is 6.65. The zero-order valence-corrected chi connectivity index (χ0v) is 12.3. The number of carbonyl (C=O) groups is 1. The molecule has 0 unspecified atom stereocenters. The van der Waals surface area contributed by atoms with Crippen molar-refractivity contribution in [1.29, 1.82) is 0 Å². The predicted octanol–water partition coefficient (Wildman–Crippen LogP) is 3.31. The third-order valence-corrected chi connectivity index (χ3v) is 3.01. The van der Waals surface area contributed by atoms with Crippen molar-refractivity contribution in [3.05, 3.63) is 52.4 Å². The first-order chi connectivity index (χ1) is 9.56. The molecule has 1 N–H and O–H groups in total. The van der Waals surface area contributed by atoms with Crippen LogP contribution in [0.2, 0.25) is 0 Å². The van der Waals surface area contributed by atoms with Gasteiger partial charge in [-0.3, -0.25) is 4.79 Å². The molecule has 1 heterocycles. The number of amides is 1. The number of hydrogen-bond donors (Lipinski definition) is 1. The summed E-state index contributed by atoms with van der Waals surface area (Å²) in [6, 6.07) is 7.98. The van der Waals surface area contributed by atoms with Crippen molar-refractivity contribution in [2.45, 2.75) is 6.92 Å². The molecule has 1 aromatic carbocycles. The molecule has 4 nitrogen and oxygen atoms in total. The smallest absolute Gasteiger partial charge is 0.263 e. The van der Waals surface area contributed by atoms with E-state index < -0.39 is 11.7 Å². The van der Waals surface area contributed by atoms with E-state index in [-0.39, 0.29) is 12.4 Å². The highest BCUT2D eigenvalue weighted by Crippen LogP contribution is 2.21. The highest BCUT2D eigenvalue weighted by atomic mass is 79.9. The minimum absolute atomic E-state index is 0.0288. The van der Waals surface area contributed by atoms with Gasteiger partial charge in [0.05, 0.1) is 0 Å². The third kappa shape index (κ3) is 3.77. The van der Waals surface area contributed by atoms with E-state index in [1.807, 2.05) is 13.0 Å². The van der Waals surface area contributed by atoms with Gasteiger partial charge in [0, 0.05) is 10.7 Å². The Morgan fingerprint density at radius 1 is 1.45 bits per heavy atom. The molecule has 1 amide bonds. The van der Waals surface area contributed by atoms with Crippen molar-refractivity contribution in [1.82, 2.24) is 4.98 Å². The van der Waals surface area contributed by atoms with E-state index in [9.17, 15) is 9.18 Å². The number of aromatic nitrogens is 1. The summed E-state index contributed by atoms with van der Waals surface area (Å²) < 4.78 is 19.2. The lowest BCUT2D eigenvalue weighted by atomic mass is 10.3. The molecule has 2 aromatic rings. The number of ether oxygens (including phenoxy) is 1. The zero-order chi connectivity index (χ0) is 14.5. The zero-order valence-electron chi connectivity index (χ0n) is 10.7. The maximum Gasteiger partial charge on any atom is 0.263 e. The average Bonchev–Trinajstić information content (AvgIpc) is 2.40. The van der Waals surface area contributed by atoms with Gasteiger partial charge in [0.25, 0.3) is 5.91 Å². The quantitative estimate of drug-likeness (QED) is 0.930. The van der Waals surface area contributed by atoms with E-state index in [1.54, 1.807) is 18.3 Å². The van der Waals surface area contributed by atoms with Crippen molar-refractivity contribution < 1.29 is 13.9 Å². The van der Waals surface area contributed by atoms with E-state index in [0.717, 1.165) is 5.56 Å². The van der Waals surface area contributed by atoms with Crippen LogP contribution in [0.1, 0.15) is 5.56 Å². The monoisotopic (exact) mass is 338 g/mol. The summed E-state index contributed by atoms with van der Waals surface area (Å²) in [6.07, 6.45) is 1.58. The molecule has 6 heteroatoms. The lowest BCUT2D eigenvalue weighted by Gasteiger charge is -2.09. The molecule has 20 heavy (non-hydrogen) atoms. The highest BCUT2D eigenvalue weighted by molar-refractivity contribution is 9.10. The van der Waals surface area contributed by atoms with E-state index in [1.165, 1.54) is 12.1 Å². The van der Waals surface area contributed by atoms with E-state index in [2.05, 4.69) is 26.2 Å². The summed E-state index contributed by atoms with van der Waals surface area (Å²) in [5.74, 6) is -0.422. The first-order valence-electron chi connectivity index (χ1n) is 5.85. The Balaban J connectivity index is 1.94. The number of anilines is 1. The van der Waals surface area contributed by atoms with Crippen molar-refractivity contribution >= 4 is 27.7 Å². The number of pyridine rings is 1. The topological polar surface area (TPSA) is 51.2 Å². The van der Waals surface area contributed by atoms with Crippen LogP contribution in [0.4, 0.5) is 10.2 Å². The van der Waals surface area contributed by atoms with Crippen molar-refractivity contribution in [3.8, 4) is 5.75 Å². The summed E-state index contributed by atoms with van der Waals surface area (Å²) in [4.78, 5) is 15.7.